The Bertz CT molecular complexity index is 555. The Morgan fingerprint density at radius 1 is 1.58 bits per heavy atom. The third-order valence-corrected chi connectivity index (χ3v) is 3.51. The van der Waals surface area contributed by atoms with Crippen LogP contribution in [-0.4, -0.2) is 39.2 Å². The van der Waals surface area contributed by atoms with E-state index in [2.05, 4.69) is 0 Å². The topological polar surface area (TPSA) is 32.7 Å². The fourth-order valence-electron chi connectivity index (χ4n) is 2.59. The number of ether oxygens (including phenoxy) is 1. The molecule has 1 aliphatic carbocycles. The van der Waals surface area contributed by atoms with E-state index in [1.165, 1.54) is 7.11 Å². The molecule has 0 heterocycles. The van der Waals surface area contributed by atoms with Gasteiger partial charge in [0.1, 0.15) is 5.75 Å². The van der Waals surface area contributed by atoms with E-state index in [4.69, 9.17) is 15.4 Å². The van der Waals surface area contributed by atoms with E-state index in [1.54, 1.807) is 24.3 Å². The number of hydrogen-bond donors (Lipinski definition) is 1. The Hall–Kier alpha value is -1.06. The van der Waals surface area contributed by atoms with Crippen LogP contribution in [0.15, 0.2) is 24.3 Å². The Labute approximate surface area is 121 Å². The van der Waals surface area contributed by atoms with Gasteiger partial charge in [0.05, 0.1) is 12.7 Å². The second-order valence-electron chi connectivity index (χ2n) is 5.28. The van der Waals surface area contributed by atoms with Crippen LogP contribution < -0.4 is 4.74 Å². The number of benzene rings is 1. The highest BCUT2D eigenvalue weighted by Gasteiger charge is 2.40. The average molecular weight is 267 g/mol. The lowest BCUT2D eigenvalue weighted by Gasteiger charge is -2.41. The Morgan fingerprint density at radius 2 is 2.42 bits per heavy atom. The number of methoxy groups -OCH3 is 1. The average Bonchev–Trinajstić information content (AvgIpc) is 2.46. The summed E-state index contributed by atoms with van der Waals surface area (Å²) in [6, 6.07) is 6.91. The zero-order valence-electron chi connectivity index (χ0n) is 15.9. The van der Waals surface area contributed by atoms with Gasteiger partial charge in [0.25, 0.3) is 0 Å². The van der Waals surface area contributed by atoms with Gasteiger partial charge >= 0.3 is 0 Å². The molecule has 2 rings (SSSR count). The van der Waals surface area contributed by atoms with Crippen LogP contribution in [0.25, 0.3) is 0 Å². The van der Waals surface area contributed by atoms with Crippen molar-refractivity contribution in [3.8, 4) is 5.75 Å². The van der Waals surface area contributed by atoms with Crippen LogP contribution in [0.2, 0.25) is 0 Å². The first kappa shape index (κ1) is 9.78. The lowest BCUT2D eigenvalue weighted by atomic mass is 9.71. The van der Waals surface area contributed by atoms with Crippen LogP contribution in [0.3, 0.4) is 0 Å². The van der Waals surface area contributed by atoms with Gasteiger partial charge in [-0.25, -0.2) is 0 Å². The van der Waals surface area contributed by atoms with Crippen molar-refractivity contribution in [1.82, 2.24) is 4.90 Å². The van der Waals surface area contributed by atoms with Crippen LogP contribution in [0, 0.1) is 5.89 Å². The third-order valence-electron chi connectivity index (χ3n) is 3.51. The van der Waals surface area contributed by atoms with Crippen LogP contribution in [-0.2, 0) is 5.60 Å². The minimum Gasteiger partial charge on any atom is -0.497 e. The van der Waals surface area contributed by atoms with E-state index in [0.717, 1.165) is 0 Å². The molecule has 0 spiro atoms. The summed E-state index contributed by atoms with van der Waals surface area (Å²) in [5.41, 5.74) is -1.19. The first-order chi connectivity index (χ1) is 10.7. The van der Waals surface area contributed by atoms with Crippen molar-refractivity contribution < 1.29 is 14.0 Å². The minimum atomic E-state index is -1.82. The van der Waals surface area contributed by atoms with Crippen molar-refractivity contribution in [2.45, 2.75) is 31.2 Å². The summed E-state index contributed by atoms with van der Waals surface area (Å²) in [5.74, 6) is -0.709. The zero-order chi connectivity index (χ0) is 17.3. The van der Waals surface area contributed by atoms with Crippen LogP contribution in [0.4, 0.5) is 0 Å². The number of rotatable bonds is 5. The summed E-state index contributed by atoms with van der Waals surface area (Å²) in [6.45, 7) is 0.308. The summed E-state index contributed by atoms with van der Waals surface area (Å²) in [4.78, 5) is 1.85. The normalized spacial score (nSPS) is 37.1. The fraction of sp³-hybridized carbons (Fsp3) is 0.625. The summed E-state index contributed by atoms with van der Waals surface area (Å²) < 4.78 is 39.1. The SMILES string of the molecule is [2H]O[C@@]1(c2cccc(OC)c2)C([2H])([2H])CCC[C@@]1([2H])CN(C)C. The van der Waals surface area contributed by atoms with Crippen molar-refractivity contribution in [1.29, 1.82) is 1.43 Å². The highest BCUT2D eigenvalue weighted by atomic mass is 16.5. The van der Waals surface area contributed by atoms with Gasteiger partial charge < -0.3 is 14.7 Å². The van der Waals surface area contributed by atoms with Gasteiger partial charge in [0, 0.05) is 16.6 Å². The number of nitrogens with zero attached hydrogens (tertiary/aromatic N) is 1. The zero-order valence-corrected chi connectivity index (χ0v) is 11.9. The molecular formula is C16H25NO2. The van der Waals surface area contributed by atoms with Crippen molar-refractivity contribution >= 4 is 0 Å². The highest BCUT2D eigenvalue weighted by Crippen LogP contribution is 2.42. The second-order valence-corrected chi connectivity index (χ2v) is 5.28. The molecular weight excluding hydrogens is 238 g/mol. The molecule has 1 saturated carbocycles. The monoisotopic (exact) mass is 267 g/mol. The van der Waals surface area contributed by atoms with Gasteiger partial charge in [-0.15, -0.1) is 0 Å². The number of aliphatic hydroxyl groups is 1. The van der Waals surface area contributed by atoms with E-state index in [9.17, 15) is 0 Å². The molecule has 1 N–H and O–H groups in total. The summed E-state index contributed by atoms with van der Waals surface area (Å²) >= 11 is 0. The molecule has 0 unspecified atom stereocenters. The minimum absolute atomic E-state index is 0.261. The maximum atomic E-state index is 9.01. The van der Waals surface area contributed by atoms with Crippen LogP contribution in [0.5, 0.6) is 5.75 Å². The molecule has 0 aliphatic heterocycles. The van der Waals surface area contributed by atoms with Gasteiger partial charge in [0.15, 0.2) is 0 Å². The molecule has 1 aromatic carbocycles. The molecule has 0 saturated heterocycles. The van der Waals surface area contributed by atoms with Gasteiger partial charge in [-0.05, 0) is 44.6 Å². The van der Waals surface area contributed by atoms with E-state index in [0.29, 0.717) is 30.7 Å². The van der Waals surface area contributed by atoms with E-state index >= 15 is 0 Å². The molecule has 2 atom stereocenters. The molecule has 0 aromatic heterocycles. The third kappa shape index (κ3) is 3.10. The van der Waals surface area contributed by atoms with Gasteiger partial charge in [-0.2, -0.15) is 0 Å². The van der Waals surface area contributed by atoms with E-state index in [-0.39, 0.29) is 6.42 Å². The first-order valence-electron chi connectivity index (χ1n) is 8.57. The Balaban J connectivity index is 2.67. The lowest BCUT2D eigenvalue weighted by Crippen LogP contribution is -2.43. The van der Waals surface area contributed by atoms with Gasteiger partial charge in [-0.3, -0.25) is 0 Å². The van der Waals surface area contributed by atoms with Crippen LogP contribution in [0.1, 0.15) is 35.3 Å². The van der Waals surface area contributed by atoms with E-state index < -0.39 is 17.9 Å². The molecule has 1 fully saturated rings. The fourth-order valence-corrected chi connectivity index (χ4v) is 2.59. The standard InChI is InChI=1S/C16H25NO2/c1-17(2)12-14-7-4-5-10-16(14,18)13-8-6-9-15(11-13)19-3/h6,8-9,11,14,18H,4-5,7,10,12H2,1-3H3/t14-,16+/m0/s1/i10D2,14D,18D. The Kier molecular flexibility index (Phi) is 3.05. The van der Waals surface area contributed by atoms with Gasteiger partial charge in [-0.1, -0.05) is 25.0 Å². The predicted octanol–water partition coefficient (Wildman–Crippen LogP) is 2.63. The Morgan fingerprint density at radius 3 is 3.11 bits per heavy atom. The van der Waals surface area contributed by atoms with E-state index in [1.807, 2.05) is 19.0 Å². The molecule has 3 heteroatoms. The molecule has 3 nitrogen and oxygen atoms in total. The van der Waals surface area contributed by atoms with Crippen LogP contribution >= 0.6 is 0 Å². The molecule has 0 bridgehead atoms. The maximum absolute atomic E-state index is 9.01. The quantitative estimate of drug-likeness (QED) is 0.890. The summed E-state index contributed by atoms with van der Waals surface area (Å²) in [7, 11) is 5.23. The molecule has 1 aliphatic rings. The first-order valence-corrected chi connectivity index (χ1v) is 6.66. The van der Waals surface area contributed by atoms with Crippen molar-refractivity contribution in [2.24, 2.45) is 5.89 Å². The number of hydrogen-bond acceptors (Lipinski definition) is 3. The highest BCUT2D eigenvalue weighted by molar-refractivity contribution is 5.33. The molecule has 19 heavy (non-hydrogen) atoms. The summed E-state index contributed by atoms with van der Waals surface area (Å²) in [6.07, 6.45) is -0.492. The van der Waals surface area contributed by atoms with Crippen molar-refractivity contribution in [3.05, 3.63) is 29.8 Å². The van der Waals surface area contributed by atoms with Crippen molar-refractivity contribution in [2.75, 3.05) is 27.7 Å². The lowest BCUT2D eigenvalue weighted by molar-refractivity contribution is -0.0619. The predicted molar refractivity (Wildman–Crippen MR) is 77.4 cm³/mol. The largest absolute Gasteiger partial charge is 0.497 e. The maximum Gasteiger partial charge on any atom is 0.211 e. The second kappa shape index (κ2) is 5.93. The smallest absolute Gasteiger partial charge is 0.211 e. The van der Waals surface area contributed by atoms with Gasteiger partial charge in [0.2, 0.25) is 1.43 Å². The van der Waals surface area contributed by atoms with Crippen molar-refractivity contribution in [3.63, 3.8) is 0 Å². The molecule has 0 radical (unpaired) electrons. The molecule has 0 amide bonds. The summed E-state index contributed by atoms with van der Waals surface area (Å²) in [5, 5.41) is 5.10. The molecule has 1 aromatic rings. The molecule has 106 valence electrons.